The van der Waals surface area contributed by atoms with Crippen LogP contribution in [0.4, 0.5) is 5.82 Å². The first-order valence-corrected chi connectivity index (χ1v) is 9.35. The Bertz CT molecular complexity index is 954. The molecule has 4 N–H and O–H groups in total. The highest BCUT2D eigenvalue weighted by Gasteiger charge is 2.02. The smallest absolute Gasteiger partial charge is 0.300 e. The summed E-state index contributed by atoms with van der Waals surface area (Å²) in [6.45, 7) is 1.52. The lowest BCUT2D eigenvalue weighted by molar-refractivity contribution is -0.134. The minimum absolute atomic E-state index is 0.319. The van der Waals surface area contributed by atoms with Gasteiger partial charge in [-0.3, -0.25) is 4.79 Å². The van der Waals surface area contributed by atoms with Gasteiger partial charge in [0.25, 0.3) is 5.97 Å². The fraction of sp³-hybridized carbons (Fsp3) is 0.174. The number of carbonyl (C=O) groups is 1. The summed E-state index contributed by atoms with van der Waals surface area (Å²) in [5.41, 5.74) is 9.34. The molecule has 0 aliphatic carbocycles. The van der Waals surface area contributed by atoms with Crippen molar-refractivity contribution >= 4 is 17.7 Å². The molecule has 0 saturated heterocycles. The molecule has 0 atom stereocenters. The predicted octanol–water partition coefficient (Wildman–Crippen LogP) is 3.70. The van der Waals surface area contributed by atoms with Crippen molar-refractivity contribution in [3.05, 3.63) is 89.6 Å². The zero-order chi connectivity index (χ0) is 21.8. The number of carboxylic acids is 1. The van der Waals surface area contributed by atoms with Crippen LogP contribution in [-0.2, 0) is 17.8 Å². The third-order valence-electron chi connectivity index (χ3n) is 3.94. The number of aromatic nitrogens is 1. The molecule has 3 rings (SSSR count). The molecule has 0 spiro atoms. The Labute approximate surface area is 176 Å². The van der Waals surface area contributed by atoms with Crippen LogP contribution in [-0.4, -0.2) is 29.1 Å². The van der Waals surface area contributed by atoms with Gasteiger partial charge >= 0.3 is 0 Å². The summed E-state index contributed by atoms with van der Waals surface area (Å²) in [4.78, 5) is 17.8. The highest BCUT2D eigenvalue weighted by Crippen LogP contribution is 2.18. The fourth-order valence-corrected chi connectivity index (χ4v) is 2.61. The van der Waals surface area contributed by atoms with Gasteiger partial charge in [0, 0.05) is 18.7 Å². The standard InChI is InChI=1S/C21H22N4O.C2H4O2/c1-26-19-10-6-5-9-18(19)15-24-21(22)25-20-12-11-17(14-23-20)13-16-7-3-2-4-8-16;1-2(3)4/h2-12,14H,13,15H2,1H3,(H3,22,23,24,25);1H3,(H,3,4). The SMILES string of the molecule is CC(=O)O.COc1ccccc1CN=C(N)Nc1ccc(Cc2ccccc2)cn1. The number of nitrogens with two attached hydrogens (primary N) is 1. The largest absolute Gasteiger partial charge is 0.496 e. The lowest BCUT2D eigenvalue weighted by Crippen LogP contribution is -2.23. The van der Waals surface area contributed by atoms with Crippen molar-refractivity contribution in [2.45, 2.75) is 19.9 Å². The van der Waals surface area contributed by atoms with E-state index < -0.39 is 5.97 Å². The molecule has 3 aromatic rings. The van der Waals surface area contributed by atoms with Crippen LogP contribution in [0.1, 0.15) is 23.6 Å². The number of benzene rings is 2. The van der Waals surface area contributed by atoms with Gasteiger partial charge in [-0.1, -0.05) is 54.6 Å². The van der Waals surface area contributed by atoms with Crippen LogP contribution < -0.4 is 15.8 Å². The van der Waals surface area contributed by atoms with Crippen LogP contribution in [0, 0.1) is 0 Å². The minimum Gasteiger partial charge on any atom is -0.496 e. The molecule has 0 aliphatic heterocycles. The number of rotatable bonds is 6. The molecule has 7 heteroatoms. The van der Waals surface area contributed by atoms with Crippen molar-refractivity contribution in [1.82, 2.24) is 4.98 Å². The summed E-state index contributed by atoms with van der Waals surface area (Å²) in [5.74, 6) is 0.953. The number of pyridine rings is 1. The molecule has 156 valence electrons. The van der Waals surface area contributed by atoms with Crippen molar-refractivity contribution in [1.29, 1.82) is 0 Å². The van der Waals surface area contributed by atoms with E-state index in [-0.39, 0.29) is 0 Å². The van der Waals surface area contributed by atoms with E-state index in [2.05, 4.69) is 27.4 Å². The normalized spacial score (nSPS) is 10.5. The first-order chi connectivity index (χ1) is 14.5. The molecule has 1 heterocycles. The van der Waals surface area contributed by atoms with Crippen LogP contribution in [0.15, 0.2) is 77.9 Å². The van der Waals surface area contributed by atoms with E-state index in [1.165, 1.54) is 5.56 Å². The molecule has 7 nitrogen and oxygen atoms in total. The summed E-state index contributed by atoms with van der Waals surface area (Å²) in [7, 11) is 1.64. The van der Waals surface area contributed by atoms with E-state index in [1.807, 2.05) is 60.8 Å². The summed E-state index contributed by atoms with van der Waals surface area (Å²) in [6.07, 6.45) is 2.70. The molecular formula is C23H26N4O3. The Morgan fingerprint density at radius 1 is 1.07 bits per heavy atom. The fourth-order valence-electron chi connectivity index (χ4n) is 2.61. The third-order valence-corrected chi connectivity index (χ3v) is 3.94. The quantitative estimate of drug-likeness (QED) is 0.425. The van der Waals surface area contributed by atoms with E-state index in [1.54, 1.807) is 7.11 Å². The number of hydrogen-bond acceptors (Lipinski definition) is 4. The van der Waals surface area contributed by atoms with E-state index in [0.717, 1.165) is 30.2 Å². The van der Waals surface area contributed by atoms with E-state index in [0.29, 0.717) is 18.3 Å². The predicted molar refractivity (Wildman–Crippen MR) is 119 cm³/mol. The molecule has 0 aliphatic rings. The summed E-state index contributed by atoms with van der Waals surface area (Å²) < 4.78 is 5.32. The van der Waals surface area contributed by atoms with Crippen molar-refractivity contribution in [3.8, 4) is 5.75 Å². The number of anilines is 1. The molecule has 0 bridgehead atoms. The van der Waals surface area contributed by atoms with Gasteiger partial charge in [0.1, 0.15) is 11.6 Å². The van der Waals surface area contributed by atoms with E-state index in [9.17, 15) is 0 Å². The summed E-state index contributed by atoms with van der Waals surface area (Å²) in [6, 6.07) is 22.0. The molecule has 2 aromatic carbocycles. The molecule has 30 heavy (non-hydrogen) atoms. The zero-order valence-electron chi connectivity index (χ0n) is 17.1. The molecular weight excluding hydrogens is 380 g/mol. The lowest BCUT2D eigenvalue weighted by Gasteiger charge is -2.08. The van der Waals surface area contributed by atoms with Gasteiger partial charge in [-0.25, -0.2) is 9.98 Å². The van der Waals surface area contributed by atoms with Gasteiger partial charge in [0.05, 0.1) is 13.7 Å². The lowest BCUT2D eigenvalue weighted by atomic mass is 10.1. The van der Waals surface area contributed by atoms with Crippen molar-refractivity contribution < 1.29 is 14.6 Å². The number of nitrogens with one attached hydrogen (secondary N) is 1. The number of aliphatic imine (C=N–C) groups is 1. The maximum Gasteiger partial charge on any atom is 0.300 e. The number of hydrogen-bond donors (Lipinski definition) is 3. The van der Waals surface area contributed by atoms with Gasteiger partial charge in [-0.05, 0) is 29.7 Å². The van der Waals surface area contributed by atoms with E-state index in [4.69, 9.17) is 20.4 Å². The highest BCUT2D eigenvalue weighted by atomic mass is 16.5. The van der Waals surface area contributed by atoms with Crippen molar-refractivity contribution in [3.63, 3.8) is 0 Å². The van der Waals surface area contributed by atoms with Gasteiger partial charge in [-0.15, -0.1) is 0 Å². The minimum atomic E-state index is -0.833. The maximum atomic E-state index is 9.00. The molecule has 0 fully saturated rings. The van der Waals surface area contributed by atoms with Crippen LogP contribution in [0.3, 0.4) is 0 Å². The van der Waals surface area contributed by atoms with Crippen molar-refractivity contribution in [2.24, 2.45) is 10.7 Å². The highest BCUT2D eigenvalue weighted by molar-refractivity contribution is 5.91. The number of para-hydroxylation sites is 1. The third kappa shape index (κ3) is 8.02. The van der Waals surface area contributed by atoms with Gasteiger partial charge < -0.3 is 20.9 Å². The van der Waals surface area contributed by atoms with Gasteiger partial charge in [-0.2, -0.15) is 0 Å². The van der Waals surface area contributed by atoms with Gasteiger partial charge in [0.15, 0.2) is 5.96 Å². The summed E-state index contributed by atoms with van der Waals surface area (Å²) >= 11 is 0. The Kier molecular flexibility index (Phi) is 8.86. The first kappa shape index (κ1) is 22.4. The molecule has 0 unspecified atom stereocenters. The van der Waals surface area contributed by atoms with Crippen LogP contribution in [0.2, 0.25) is 0 Å². The second-order valence-corrected chi connectivity index (χ2v) is 6.37. The number of ether oxygens (including phenoxy) is 1. The number of methoxy groups -OCH3 is 1. The number of guanidine groups is 1. The monoisotopic (exact) mass is 406 g/mol. The Hall–Kier alpha value is -3.87. The molecule has 0 radical (unpaired) electrons. The van der Waals surface area contributed by atoms with E-state index >= 15 is 0 Å². The van der Waals surface area contributed by atoms with Crippen LogP contribution in [0.25, 0.3) is 0 Å². The van der Waals surface area contributed by atoms with Crippen molar-refractivity contribution in [2.75, 3.05) is 12.4 Å². The Morgan fingerprint density at radius 2 is 1.73 bits per heavy atom. The Morgan fingerprint density at radius 3 is 2.37 bits per heavy atom. The second-order valence-electron chi connectivity index (χ2n) is 6.37. The number of aliphatic carboxylic acids is 1. The maximum absolute atomic E-state index is 9.00. The molecule has 0 saturated carbocycles. The molecule has 1 aromatic heterocycles. The average Bonchev–Trinajstić information content (AvgIpc) is 2.74. The van der Waals surface area contributed by atoms with Gasteiger partial charge in [0.2, 0.25) is 0 Å². The zero-order valence-corrected chi connectivity index (χ0v) is 17.1. The van der Waals surface area contributed by atoms with Crippen LogP contribution >= 0.6 is 0 Å². The topological polar surface area (TPSA) is 110 Å². The first-order valence-electron chi connectivity index (χ1n) is 9.35. The second kappa shape index (κ2) is 11.9. The summed E-state index contributed by atoms with van der Waals surface area (Å²) in [5, 5.41) is 10.4. The number of nitrogens with zero attached hydrogens (tertiary/aromatic N) is 2. The van der Waals surface area contributed by atoms with Crippen LogP contribution in [0.5, 0.6) is 5.75 Å². The Balaban J connectivity index is 0.000000735. The molecule has 0 amide bonds. The number of carboxylic acid groups (broad SMARTS) is 1. The average molecular weight is 406 g/mol.